The van der Waals surface area contributed by atoms with Gasteiger partial charge >= 0.3 is 5.97 Å². The van der Waals surface area contributed by atoms with Gasteiger partial charge in [0.2, 0.25) is 0 Å². The lowest BCUT2D eigenvalue weighted by Crippen LogP contribution is -2.29. The highest BCUT2D eigenvalue weighted by Gasteiger charge is 2.31. The van der Waals surface area contributed by atoms with Crippen molar-refractivity contribution in [1.82, 2.24) is 4.90 Å². The highest BCUT2D eigenvalue weighted by atomic mass is 35.5. The average Bonchev–Trinajstić information content (AvgIpc) is 3.20. The molecule has 2 heterocycles. The molecule has 1 amide bonds. The Morgan fingerprint density at radius 1 is 1.25 bits per heavy atom. The molecule has 9 heteroatoms. The molecular formula is C19H15Cl2NO4S2. The number of benzene rings is 1. The number of carbonyl (C=O) groups excluding carboxylic acids is 1. The third-order valence-corrected chi connectivity index (χ3v) is 5.93. The van der Waals surface area contributed by atoms with Crippen molar-refractivity contribution in [2.45, 2.75) is 19.3 Å². The zero-order chi connectivity index (χ0) is 20.3. The predicted octanol–water partition coefficient (Wildman–Crippen LogP) is 5.71. The van der Waals surface area contributed by atoms with Crippen LogP contribution < -0.4 is 0 Å². The van der Waals surface area contributed by atoms with E-state index in [9.17, 15) is 9.59 Å². The van der Waals surface area contributed by atoms with Crippen LogP contribution in [0.2, 0.25) is 10.0 Å². The topological polar surface area (TPSA) is 70.8 Å². The first kappa shape index (κ1) is 20.9. The molecule has 1 saturated heterocycles. The first-order chi connectivity index (χ1) is 13.3. The second-order valence-corrected chi connectivity index (χ2v) is 8.53. The fourth-order valence-electron chi connectivity index (χ4n) is 2.63. The highest BCUT2D eigenvalue weighted by molar-refractivity contribution is 8.26. The summed E-state index contributed by atoms with van der Waals surface area (Å²) in [5.41, 5.74) is 0.666. The van der Waals surface area contributed by atoms with Crippen LogP contribution in [-0.4, -0.2) is 32.7 Å². The number of thiocarbonyl (C=S) groups is 1. The van der Waals surface area contributed by atoms with E-state index in [4.69, 9.17) is 44.9 Å². The van der Waals surface area contributed by atoms with Gasteiger partial charge in [0.1, 0.15) is 15.8 Å². The Morgan fingerprint density at radius 2 is 2.04 bits per heavy atom. The summed E-state index contributed by atoms with van der Waals surface area (Å²) < 4.78 is 6.25. The maximum Gasteiger partial charge on any atom is 0.303 e. The van der Waals surface area contributed by atoms with Crippen LogP contribution in [0.25, 0.3) is 17.4 Å². The van der Waals surface area contributed by atoms with E-state index in [0.717, 1.165) is 0 Å². The Bertz CT molecular complexity index is 971. The Morgan fingerprint density at radius 3 is 2.79 bits per heavy atom. The van der Waals surface area contributed by atoms with E-state index in [2.05, 4.69) is 0 Å². The summed E-state index contributed by atoms with van der Waals surface area (Å²) in [5.74, 6) is -0.0110. The van der Waals surface area contributed by atoms with E-state index in [1.165, 1.54) is 16.7 Å². The monoisotopic (exact) mass is 455 g/mol. The van der Waals surface area contributed by atoms with Crippen LogP contribution >= 0.6 is 47.2 Å². The minimum absolute atomic E-state index is 0.0753. The summed E-state index contributed by atoms with van der Waals surface area (Å²) in [5, 5.41) is 9.74. The van der Waals surface area contributed by atoms with Crippen molar-refractivity contribution in [1.29, 1.82) is 0 Å². The van der Waals surface area contributed by atoms with E-state index in [1.807, 2.05) is 0 Å². The number of carboxylic acid groups (broad SMARTS) is 1. The molecule has 1 fully saturated rings. The second kappa shape index (κ2) is 9.13. The van der Waals surface area contributed by atoms with Gasteiger partial charge in [0.25, 0.3) is 5.91 Å². The van der Waals surface area contributed by atoms with E-state index in [0.29, 0.717) is 55.7 Å². The van der Waals surface area contributed by atoms with Gasteiger partial charge in [0.05, 0.1) is 9.93 Å². The molecule has 0 saturated carbocycles. The number of carbonyl (C=O) groups is 2. The largest absolute Gasteiger partial charge is 0.481 e. The summed E-state index contributed by atoms with van der Waals surface area (Å²) in [6.07, 6.45) is 2.78. The molecular weight excluding hydrogens is 441 g/mol. The zero-order valence-corrected chi connectivity index (χ0v) is 17.6. The van der Waals surface area contributed by atoms with Crippen LogP contribution in [0, 0.1) is 0 Å². The number of carboxylic acids is 1. The zero-order valence-electron chi connectivity index (χ0n) is 14.5. The van der Waals surface area contributed by atoms with Crippen LogP contribution in [0.15, 0.2) is 39.7 Å². The number of furan rings is 1. The number of aliphatic carboxylic acids is 1. The van der Waals surface area contributed by atoms with Crippen LogP contribution in [-0.2, 0) is 9.59 Å². The molecule has 1 N–H and O–H groups in total. The summed E-state index contributed by atoms with van der Waals surface area (Å²) in [6, 6.07) is 8.60. The highest BCUT2D eigenvalue weighted by Crippen LogP contribution is 2.35. The number of hydrogen-bond acceptors (Lipinski definition) is 5. The van der Waals surface area contributed by atoms with Gasteiger partial charge in [-0.3, -0.25) is 14.5 Å². The summed E-state index contributed by atoms with van der Waals surface area (Å²) >= 11 is 18.7. The molecule has 1 aliphatic rings. The Kier molecular flexibility index (Phi) is 6.82. The van der Waals surface area contributed by atoms with E-state index in [1.54, 1.807) is 36.4 Å². The molecule has 1 aliphatic heterocycles. The number of unbranched alkanes of at least 4 members (excludes halogenated alkanes) is 1. The van der Waals surface area contributed by atoms with Gasteiger partial charge < -0.3 is 9.52 Å². The maximum absolute atomic E-state index is 12.6. The fourth-order valence-corrected chi connectivity index (χ4v) is 4.30. The number of halogens is 2. The third kappa shape index (κ3) is 4.97. The molecule has 0 bridgehead atoms. The van der Waals surface area contributed by atoms with Crippen molar-refractivity contribution >= 4 is 69.5 Å². The Hall–Kier alpha value is -1.80. The Balaban J connectivity index is 1.71. The first-order valence-corrected chi connectivity index (χ1v) is 10.4. The standard InChI is InChI=1S/C19H15Cl2NO4S2/c20-11-4-6-14(21)13(9-11)15-7-5-12(26-15)10-16-18(25)22(19(27)28-16)8-2-1-3-17(23)24/h4-7,9-10H,1-3,8H2,(H,23,24). The quantitative estimate of drug-likeness (QED) is 0.327. The van der Waals surface area contributed by atoms with Gasteiger partial charge in [-0.05, 0) is 43.2 Å². The van der Waals surface area contributed by atoms with Gasteiger partial charge in [-0.1, -0.05) is 47.2 Å². The van der Waals surface area contributed by atoms with Crippen molar-refractivity contribution in [3.8, 4) is 11.3 Å². The first-order valence-electron chi connectivity index (χ1n) is 8.37. The van der Waals surface area contributed by atoms with Crippen LogP contribution in [0.4, 0.5) is 0 Å². The number of thioether (sulfide) groups is 1. The minimum atomic E-state index is -0.848. The van der Waals surface area contributed by atoms with Crippen molar-refractivity contribution in [2.75, 3.05) is 6.54 Å². The molecule has 1 aromatic carbocycles. The third-order valence-electron chi connectivity index (χ3n) is 3.99. The second-order valence-electron chi connectivity index (χ2n) is 6.01. The molecule has 5 nitrogen and oxygen atoms in total. The van der Waals surface area contributed by atoms with Gasteiger partial charge in [0, 0.05) is 29.6 Å². The van der Waals surface area contributed by atoms with E-state index < -0.39 is 5.97 Å². The van der Waals surface area contributed by atoms with Crippen molar-refractivity contribution in [3.05, 3.63) is 51.0 Å². The van der Waals surface area contributed by atoms with Crippen LogP contribution in [0.3, 0.4) is 0 Å². The molecule has 146 valence electrons. The van der Waals surface area contributed by atoms with E-state index >= 15 is 0 Å². The maximum atomic E-state index is 12.6. The van der Waals surface area contributed by atoms with Crippen LogP contribution in [0.5, 0.6) is 0 Å². The number of hydrogen-bond donors (Lipinski definition) is 1. The number of amides is 1. The van der Waals surface area contributed by atoms with Crippen molar-refractivity contribution in [2.24, 2.45) is 0 Å². The smallest absolute Gasteiger partial charge is 0.303 e. The van der Waals surface area contributed by atoms with Gasteiger partial charge in [0.15, 0.2) is 0 Å². The normalized spacial score (nSPS) is 15.6. The molecule has 0 radical (unpaired) electrons. The molecule has 1 aromatic heterocycles. The lowest BCUT2D eigenvalue weighted by molar-refractivity contribution is -0.137. The summed E-state index contributed by atoms with van der Waals surface area (Å²) in [4.78, 5) is 25.1. The minimum Gasteiger partial charge on any atom is -0.481 e. The molecule has 28 heavy (non-hydrogen) atoms. The lowest BCUT2D eigenvalue weighted by Gasteiger charge is -2.13. The van der Waals surface area contributed by atoms with Gasteiger partial charge in [-0.15, -0.1) is 0 Å². The molecule has 0 unspecified atom stereocenters. The van der Waals surface area contributed by atoms with Gasteiger partial charge in [-0.2, -0.15) is 0 Å². The number of nitrogens with zero attached hydrogens (tertiary/aromatic N) is 1. The predicted molar refractivity (Wildman–Crippen MR) is 116 cm³/mol. The molecule has 0 atom stereocenters. The lowest BCUT2D eigenvalue weighted by atomic mass is 10.2. The summed E-state index contributed by atoms with van der Waals surface area (Å²) in [7, 11) is 0. The average molecular weight is 456 g/mol. The fraction of sp³-hybridized carbons (Fsp3) is 0.211. The van der Waals surface area contributed by atoms with Gasteiger partial charge in [-0.25, -0.2) is 0 Å². The summed E-state index contributed by atoms with van der Waals surface area (Å²) in [6.45, 7) is 0.400. The van der Waals surface area contributed by atoms with Crippen molar-refractivity contribution < 1.29 is 19.1 Å². The molecule has 0 spiro atoms. The molecule has 2 aromatic rings. The van der Waals surface area contributed by atoms with Crippen molar-refractivity contribution in [3.63, 3.8) is 0 Å². The number of rotatable bonds is 7. The molecule has 3 rings (SSSR count). The molecule has 0 aliphatic carbocycles. The van der Waals surface area contributed by atoms with Crippen LogP contribution in [0.1, 0.15) is 25.0 Å². The van der Waals surface area contributed by atoms with E-state index in [-0.39, 0.29) is 12.3 Å². The Labute approximate surface area is 181 Å². The SMILES string of the molecule is O=C(O)CCCCN1C(=O)C(=Cc2ccc(-c3cc(Cl)ccc3Cl)o2)SC1=S.